The molecule has 4 heterocycles. The number of benzene rings is 3. The molecule has 0 radical (unpaired) electrons. The molecule has 1 aromatic heterocycles. The van der Waals surface area contributed by atoms with E-state index in [-0.39, 0.29) is 17.9 Å². The van der Waals surface area contributed by atoms with Crippen molar-refractivity contribution >= 4 is 46.4 Å². The lowest BCUT2D eigenvalue weighted by Crippen LogP contribution is -2.44. The first-order valence-electron chi connectivity index (χ1n) is 16.1. The van der Waals surface area contributed by atoms with Crippen LogP contribution in [0.4, 0.5) is 4.79 Å². The molecular formula is C35H41BN4O6. The van der Waals surface area contributed by atoms with Gasteiger partial charge in [0, 0.05) is 29.9 Å². The highest BCUT2D eigenvalue weighted by Crippen LogP contribution is 2.45. The quantitative estimate of drug-likeness (QED) is 0.297. The number of nitrogens with zero attached hydrogens (tertiary/aromatic N) is 3. The average Bonchev–Trinajstić information content (AvgIpc) is 3.68. The number of ether oxygens (including phenoxy) is 2. The number of hydrogen-bond donors (Lipinski definition) is 1. The van der Waals surface area contributed by atoms with Gasteiger partial charge in [-0.25, -0.2) is 9.78 Å². The van der Waals surface area contributed by atoms with E-state index in [4.69, 9.17) is 29.5 Å². The van der Waals surface area contributed by atoms with E-state index in [1.807, 2.05) is 20.9 Å². The van der Waals surface area contributed by atoms with Crippen LogP contribution in [0.1, 0.15) is 71.8 Å². The Balaban J connectivity index is 1.23. The molecule has 7 rings (SSSR count). The van der Waals surface area contributed by atoms with Crippen molar-refractivity contribution in [2.45, 2.75) is 84.3 Å². The van der Waals surface area contributed by atoms with Crippen LogP contribution >= 0.6 is 0 Å². The maximum atomic E-state index is 13.6. The first-order valence-corrected chi connectivity index (χ1v) is 16.1. The Hall–Kier alpha value is -4.09. The number of aryl methyl sites for hydroxylation is 1. The van der Waals surface area contributed by atoms with Crippen LogP contribution in [0.15, 0.2) is 42.5 Å². The van der Waals surface area contributed by atoms with Gasteiger partial charge in [-0.2, -0.15) is 0 Å². The monoisotopic (exact) mass is 624 g/mol. The van der Waals surface area contributed by atoms with Gasteiger partial charge in [0.1, 0.15) is 18.2 Å². The topological polar surface area (TPSA) is 118 Å². The zero-order chi connectivity index (χ0) is 32.7. The highest BCUT2D eigenvalue weighted by atomic mass is 16.7. The molecule has 2 saturated heterocycles. The molecule has 0 saturated carbocycles. The van der Waals surface area contributed by atoms with Gasteiger partial charge in [-0.1, -0.05) is 38.1 Å². The molecule has 0 bridgehead atoms. The zero-order valence-corrected chi connectivity index (χ0v) is 27.5. The Bertz CT molecular complexity index is 1880. The Kier molecular flexibility index (Phi) is 7.13. The lowest BCUT2D eigenvalue weighted by Gasteiger charge is -2.32. The number of nitrogens with two attached hydrogens (primary N) is 1. The summed E-state index contributed by atoms with van der Waals surface area (Å²) in [5.41, 5.74) is 10.5. The normalized spacial score (nSPS) is 20.6. The van der Waals surface area contributed by atoms with E-state index in [0.29, 0.717) is 13.2 Å². The molecule has 2 N–H and O–H groups in total. The number of primary amides is 1. The van der Waals surface area contributed by atoms with Crippen molar-refractivity contribution < 1.29 is 28.4 Å². The zero-order valence-electron chi connectivity index (χ0n) is 27.5. The summed E-state index contributed by atoms with van der Waals surface area (Å²) in [6, 6.07) is 14.5. The van der Waals surface area contributed by atoms with Crippen LogP contribution in [-0.2, 0) is 32.5 Å². The smallest absolute Gasteiger partial charge is 0.488 e. The summed E-state index contributed by atoms with van der Waals surface area (Å²) in [4.78, 5) is 32.1. The van der Waals surface area contributed by atoms with Gasteiger partial charge < -0.3 is 34.0 Å². The predicted octanol–water partition coefficient (Wildman–Crippen LogP) is 5.37. The third kappa shape index (κ3) is 4.74. The molecular weight excluding hydrogens is 583 g/mol. The third-order valence-electron chi connectivity index (χ3n) is 10.3. The van der Waals surface area contributed by atoms with Gasteiger partial charge in [-0.15, -0.1) is 0 Å². The van der Waals surface area contributed by atoms with E-state index in [2.05, 4.69) is 74.7 Å². The van der Waals surface area contributed by atoms with Crippen LogP contribution in [0.2, 0.25) is 0 Å². The second-order valence-corrected chi connectivity index (χ2v) is 14.1. The molecule has 0 unspecified atom stereocenters. The molecule has 0 aliphatic carbocycles. The van der Waals surface area contributed by atoms with Crippen molar-refractivity contribution in [1.29, 1.82) is 0 Å². The van der Waals surface area contributed by atoms with E-state index < -0.39 is 30.5 Å². The van der Waals surface area contributed by atoms with E-state index in [9.17, 15) is 9.59 Å². The lowest BCUT2D eigenvalue weighted by molar-refractivity contribution is -0.143. The second-order valence-electron chi connectivity index (χ2n) is 14.1. The minimum absolute atomic E-state index is 0.211. The highest BCUT2D eigenvalue weighted by Gasteiger charge is 2.52. The van der Waals surface area contributed by atoms with Gasteiger partial charge in [0.25, 0.3) is 5.91 Å². The minimum Gasteiger partial charge on any atom is -0.488 e. The largest absolute Gasteiger partial charge is 0.494 e. The summed E-state index contributed by atoms with van der Waals surface area (Å²) < 4.78 is 26.4. The van der Waals surface area contributed by atoms with Crippen LogP contribution < -0.4 is 15.9 Å². The van der Waals surface area contributed by atoms with Crippen LogP contribution in [-0.4, -0.2) is 57.4 Å². The Morgan fingerprint density at radius 3 is 2.41 bits per heavy atom. The van der Waals surface area contributed by atoms with E-state index in [0.717, 1.165) is 68.4 Å². The van der Waals surface area contributed by atoms with E-state index in [1.165, 1.54) is 0 Å². The van der Waals surface area contributed by atoms with Gasteiger partial charge in [-0.05, 0) is 81.2 Å². The summed E-state index contributed by atoms with van der Waals surface area (Å²) in [5.74, 6) is 1.19. The second kappa shape index (κ2) is 10.7. The number of aromatic nitrogens is 2. The summed E-state index contributed by atoms with van der Waals surface area (Å²) in [7, 11) is 1.55. The average molecular weight is 625 g/mol. The Morgan fingerprint density at radius 1 is 1.02 bits per heavy atom. The number of carbonyl (C=O) groups excluding carboxylic acids is 2. The maximum Gasteiger partial charge on any atom is 0.494 e. The molecule has 3 aromatic carbocycles. The summed E-state index contributed by atoms with van der Waals surface area (Å²) >= 11 is 0. The molecule has 2 atom stereocenters. The number of likely N-dealkylation sites (tertiary alicyclic amines) is 1. The van der Waals surface area contributed by atoms with Gasteiger partial charge in [0.15, 0.2) is 6.10 Å². The summed E-state index contributed by atoms with van der Waals surface area (Å²) in [6.07, 6.45) is -0.284. The molecule has 0 spiro atoms. The molecule has 11 heteroatoms. The van der Waals surface area contributed by atoms with Gasteiger partial charge in [0.05, 0.1) is 28.3 Å². The third-order valence-corrected chi connectivity index (χ3v) is 10.3. The first-order chi connectivity index (χ1) is 21.8. The summed E-state index contributed by atoms with van der Waals surface area (Å²) in [6.45, 7) is 12.9. The van der Waals surface area contributed by atoms with E-state index >= 15 is 0 Å². The van der Waals surface area contributed by atoms with Crippen molar-refractivity contribution in [3.63, 3.8) is 0 Å². The molecule has 2 fully saturated rings. The molecule has 4 aromatic rings. The molecule has 2 amide bonds. The van der Waals surface area contributed by atoms with Crippen molar-refractivity contribution in [3.8, 4) is 16.9 Å². The van der Waals surface area contributed by atoms with E-state index in [1.54, 1.807) is 4.90 Å². The van der Waals surface area contributed by atoms with Crippen molar-refractivity contribution in [2.24, 2.45) is 18.7 Å². The fourth-order valence-corrected chi connectivity index (χ4v) is 7.05. The first kappa shape index (κ1) is 30.6. The van der Waals surface area contributed by atoms with Crippen LogP contribution in [0, 0.1) is 5.92 Å². The van der Waals surface area contributed by atoms with Crippen molar-refractivity contribution in [2.75, 3.05) is 6.54 Å². The van der Waals surface area contributed by atoms with Crippen molar-refractivity contribution in [3.05, 3.63) is 53.9 Å². The van der Waals surface area contributed by atoms with Crippen LogP contribution in [0.25, 0.3) is 32.9 Å². The van der Waals surface area contributed by atoms with Crippen LogP contribution in [0.3, 0.4) is 0 Å². The number of imidazole rings is 1. The minimum atomic E-state index is -0.949. The molecule has 3 aliphatic heterocycles. The molecule has 240 valence electrons. The fraction of sp³-hybridized carbons (Fsp3) is 0.457. The SMILES string of the molecule is CC(C)[C@H](OC(N)=O)C(=O)N1CCC[C@H]1c1nc2c3ccc4c(c3ccc2n1C)OCc1cc(B2OC(C)(C)C(C)(C)O2)ccc1-4. The maximum absolute atomic E-state index is 13.6. The summed E-state index contributed by atoms with van der Waals surface area (Å²) in [5, 5.41) is 1.98. The number of hydrogen-bond acceptors (Lipinski definition) is 7. The van der Waals surface area contributed by atoms with Crippen molar-refractivity contribution in [1.82, 2.24) is 14.5 Å². The fourth-order valence-electron chi connectivity index (χ4n) is 7.05. The molecule has 10 nitrogen and oxygen atoms in total. The number of amides is 2. The van der Waals surface area contributed by atoms with Gasteiger partial charge in [-0.3, -0.25) is 4.79 Å². The molecule has 46 heavy (non-hydrogen) atoms. The molecule has 3 aliphatic rings. The van der Waals surface area contributed by atoms with Gasteiger partial charge in [0.2, 0.25) is 0 Å². The highest BCUT2D eigenvalue weighted by molar-refractivity contribution is 6.62. The Morgan fingerprint density at radius 2 is 1.72 bits per heavy atom. The van der Waals surface area contributed by atoms with Crippen LogP contribution in [0.5, 0.6) is 5.75 Å². The number of rotatable bonds is 5. The predicted molar refractivity (Wildman–Crippen MR) is 177 cm³/mol. The lowest BCUT2D eigenvalue weighted by atomic mass is 9.77. The number of carbonyl (C=O) groups is 2. The van der Waals surface area contributed by atoms with Gasteiger partial charge >= 0.3 is 13.2 Å². The Labute approximate surface area is 269 Å². The standard InChI is InChI=1S/C35H41BN4O6/c1-19(2)29(44-33(37)42)32(41)40-16-8-9-27(40)31-38-28-23-12-13-24-22-11-10-21(36-45-34(3,4)35(5,6)46-36)17-20(22)18-43-30(24)25(23)14-15-26(28)39(31)7/h10-15,17,19,27,29H,8-9,16,18H2,1-7H3,(H2,37,42)/t27-,29-/m0/s1. The number of fused-ring (bicyclic) bond motifs is 7.